The fraction of sp³-hybridized carbons (Fsp3) is 0.300. The maximum Gasteiger partial charge on any atom is 0.339 e. The molecule has 1 fully saturated rings. The van der Waals surface area contributed by atoms with E-state index in [-0.39, 0.29) is 17.2 Å². The average molecular weight is 448 g/mol. The third-order valence-electron chi connectivity index (χ3n) is 4.31. The van der Waals surface area contributed by atoms with Crippen LogP contribution in [0.25, 0.3) is 0 Å². The SMILES string of the molecule is O=C(COC(=O)c1ccccc1SCC(=O)N1CCCC1)NNC(=O)c1cccs1. The molecule has 1 aromatic carbocycles. The normalized spacial score (nSPS) is 13.0. The number of carbonyl (C=O) groups excluding carboxylic acids is 4. The van der Waals surface area contributed by atoms with E-state index < -0.39 is 24.4 Å². The van der Waals surface area contributed by atoms with Crippen LogP contribution >= 0.6 is 23.1 Å². The van der Waals surface area contributed by atoms with E-state index in [0.717, 1.165) is 25.9 Å². The van der Waals surface area contributed by atoms with Gasteiger partial charge in [-0.3, -0.25) is 25.2 Å². The van der Waals surface area contributed by atoms with Crippen molar-refractivity contribution < 1.29 is 23.9 Å². The van der Waals surface area contributed by atoms with Gasteiger partial charge >= 0.3 is 5.97 Å². The molecule has 2 aromatic rings. The molecule has 0 saturated carbocycles. The second-order valence-electron chi connectivity index (χ2n) is 6.43. The van der Waals surface area contributed by atoms with Gasteiger partial charge < -0.3 is 9.64 Å². The molecule has 2 N–H and O–H groups in total. The van der Waals surface area contributed by atoms with Crippen molar-refractivity contribution in [3.05, 3.63) is 52.2 Å². The van der Waals surface area contributed by atoms with E-state index in [2.05, 4.69) is 10.9 Å². The molecule has 3 rings (SSSR count). The van der Waals surface area contributed by atoms with Crippen molar-refractivity contribution in [2.24, 2.45) is 0 Å². The minimum Gasteiger partial charge on any atom is -0.452 e. The van der Waals surface area contributed by atoms with E-state index in [1.807, 2.05) is 4.90 Å². The van der Waals surface area contributed by atoms with Crippen LogP contribution in [-0.2, 0) is 14.3 Å². The Kier molecular flexibility index (Phi) is 7.86. The first-order valence-corrected chi connectivity index (χ1v) is 11.2. The van der Waals surface area contributed by atoms with Gasteiger partial charge in [-0.1, -0.05) is 18.2 Å². The van der Waals surface area contributed by atoms with Gasteiger partial charge in [-0.2, -0.15) is 0 Å². The number of amides is 3. The Hall–Kier alpha value is -2.85. The Bertz CT molecular complexity index is 911. The van der Waals surface area contributed by atoms with Crippen LogP contribution in [0, 0.1) is 0 Å². The maximum atomic E-state index is 12.4. The number of rotatable bonds is 7. The number of esters is 1. The zero-order chi connectivity index (χ0) is 21.3. The van der Waals surface area contributed by atoms with Crippen molar-refractivity contribution in [3.8, 4) is 0 Å². The molecule has 0 atom stereocenters. The molecule has 1 aromatic heterocycles. The lowest BCUT2D eigenvalue weighted by Gasteiger charge is -2.15. The van der Waals surface area contributed by atoms with E-state index in [9.17, 15) is 19.2 Å². The van der Waals surface area contributed by atoms with Crippen LogP contribution in [0.4, 0.5) is 0 Å². The molecule has 10 heteroatoms. The third kappa shape index (κ3) is 6.07. The fourth-order valence-electron chi connectivity index (χ4n) is 2.80. The summed E-state index contributed by atoms with van der Waals surface area (Å²) in [5.41, 5.74) is 4.74. The van der Waals surface area contributed by atoms with Crippen molar-refractivity contribution in [1.29, 1.82) is 0 Å². The van der Waals surface area contributed by atoms with E-state index in [0.29, 0.717) is 9.77 Å². The Morgan fingerprint density at radius 1 is 1.03 bits per heavy atom. The van der Waals surface area contributed by atoms with Crippen LogP contribution in [0.15, 0.2) is 46.7 Å². The highest BCUT2D eigenvalue weighted by Gasteiger charge is 2.20. The standard InChI is InChI=1S/C20H21N3O5S2/c24-17(21-22-19(26)16-8-5-11-29-16)12-28-20(27)14-6-1-2-7-15(14)30-13-18(25)23-9-3-4-10-23/h1-2,5-8,11H,3-4,9-10,12-13H2,(H,21,24)(H,22,26). The molecule has 0 radical (unpaired) electrons. The summed E-state index contributed by atoms with van der Waals surface area (Å²) in [7, 11) is 0. The molecular weight excluding hydrogens is 426 g/mol. The van der Waals surface area contributed by atoms with E-state index >= 15 is 0 Å². The smallest absolute Gasteiger partial charge is 0.339 e. The minimum absolute atomic E-state index is 0.0431. The molecule has 8 nitrogen and oxygen atoms in total. The lowest BCUT2D eigenvalue weighted by atomic mass is 10.2. The maximum absolute atomic E-state index is 12.4. The first-order valence-electron chi connectivity index (χ1n) is 9.34. The Morgan fingerprint density at radius 3 is 2.53 bits per heavy atom. The third-order valence-corrected chi connectivity index (χ3v) is 6.24. The Balaban J connectivity index is 1.47. The Morgan fingerprint density at radius 2 is 1.80 bits per heavy atom. The number of ether oxygens (including phenoxy) is 1. The Labute approximate surface area is 181 Å². The second kappa shape index (κ2) is 10.8. The molecule has 158 valence electrons. The van der Waals surface area contributed by atoms with Crippen LogP contribution < -0.4 is 10.9 Å². The number of thioether (sulfide) groups is 1. The van der Waals surface area contributed by atoms with Crippen molar-refractivity contribution in [2.75, 3.05) is 25.4 Å². The highest BCUT2D eigenvalue weighted by atomic mass is 32.2. The summed E-state index contributed by atoms with van der Waals surface area (Å²) < 4.78 is 5.05. The molecular formula is C20H21N3O5S2. The summed E-state index contributed by atoms with van der Waals surface area (Å²) in [6.45, 7) is 1.01. The number of hydrazine groups is 1. The molecule has 0 aliphatic carbocycles. The van der Waals surface area contributed by atoms with Gasteiger partial charge in [0.25, 0.3) is 11.8 Å². The summed E-state index contributed by atoms with van der Waals surface area (Å²) in [6, 6.07) is 10.1. The number of likely N-dealkylation sites (tertiary alicyclic amines) is 1. The van der Waals surface area contributed by atoms with Gasteiger partial charge in [-0.05, 0) is 36.4 Å². The van der Waals surface area contributed by atoms with Crippen molar-refractivity contribution in [1.82, 2.24) is 15.8 Å². The number of benzene rings is 1. The summed E-state index contributed by atoms with van der Waals surface area (Å²) in [5, 5.41) is 1.74. The summed E-state index contributed by atoms with van der Waals surface area (Å²) >= 11 is 2.51. The molecule has 1 aliphatic rings. The van der Waals surface area contributed by atoms with E-state index in [1.54, 1.807) is 41.8 Å². The predicted octanol–water partition coefficient (Wildman–Crippen LogP) is 2.08. The molecule has 3 amide bonds. The zero-order valence-corrected chi connectivity index (χ0v) is 17.7. The molecule has 0 spiro atoms. The summed E-state index contributed by atoms with van der Waals surface area (Å²) in [4.78, 5) is 51.1. The highest BCUT2D eigenvalue weighted by Crippen LogP contribution is 2.24. The van der Waals surface area contributed by atoms with Crippen LogP contribution in [-0.4, -0.2) is 54.0 Å². The van der Waals surface area contributed by atoms with Gasteiger partial charge in [-0.15, -0.1) is 23.1 Å². The first kappa shape index (κ1) is 21.8. The van der Waals surface area contributed by atoms with Gasteiger partial charge in [-0.25, -0.2) is 4.79 Å². The van der Waals surface area contributed by atoms with Crippen molar-refractivity contribution in [2.45, 2.75) is 17.7 Å². The van der Waals surface area contributed by atoms with Gasteiger partial charge in [0.05, 0.1) is 16.2 Å². The fourth-order valence-corrected chi connectivity index (χ4v) is 4.36. The molecule has 0 unspecified atom stereocenters. The lowest BCUT2D eigenvalue weighted by molar-refractivity contribution is -0.127. The number of hydrogen-bond acceptors (Lipinski definition) is 7. The molecule has 2 heterocycles. The summed E-state index contributed by atoms with van der Waals surface area (Å²) in [5.74, 6) is -1.51. The topological polar surface area (TPSA) is 105 Å². The first-order chi connectivity index (χ1) is 14.5. The highest BCUT2D eigenvalue weighted by molar-refractivity contribution is 8.00. The van der Waals surface area contributed by atoms with Crippen LogP contribution in [0.3, 0.4) is 0 Å². The predicted molar refractivity (Wildman–Crippen MR) is 113 cm³/mol. The average Bonchev–Trinajstić information content (AvgIpc) is 3.48. The van der Waals surface area contributed by atoms with Crippen molar-refractivity contribution in [3.63, 3.8) is 0 Å². The summed E-state index contributed by atoms with van der Waals surface area (Å²) in [6.07, 6.45) is 2.05. The molecule has 1 aliphatic heterocycles. The monoisotopic (exact) mass is 447 g/mol. The zero-order valence-electron chi connectivity index (χ0n) is 16.1. The van der Waals surface area contributed by atoms with Crippen LogP contribution in [0.1, 0.15) is 32.9 Å². The molecule has 30 heavy (non-hydrogen) atoms. The van der Waals surface area contributed by atoms with E-state index in [1.165, 1.54) is 23.1 Å². The molecule has 1 saturated heterocycles. The number of thiophene rings is 1. The number of nitrogens with one attached hydrogen (secondary N) is 2. The largest absolute Gasteiger partial charge is 0.452 e. The van der Waals surface area contributed by atoms with Gasteiger partial charge in [0.15, 0.2) is 6.61 Å². The quantitative estimate of drug-likeness (QED) is 0.383. The molecule has 0 bridgehead atoms. The van der Waals surface area contributed by atoms with Gasteiger partial charge in [0.2, 0.25) is 5.91 Å². The van der Waals surface area contributed by atoms with Gasteiger partial charge in [0.1, 0.15) is 0 Å². The lowest BCUT2D eigenvalue weighted by Crippen LogP contribution is -2.43. The second-order valence-corrected chi connectivity index (χ2v) is 8.39. The van der Waals surface area contributed by atoms with Crippen LogP contribution in [0.2, 0.25) is 0 Å². The van der Waals surface area contributed by atoms with E-state index in [4.69, 9.17) is 4.74 Å². The number of carbonyl (C=O) groups is 4. The van der Waals surface area contributed by atoms with Crippen LogP contribution in [0.5, 0.6) is 0 Å². The van der Waals surface area contributed by atoms with Crippen molar-refractivity contribution >= 4 is 46.8 Å². The van der Waals surface area contributed by atoms with Gasteiger partial charge in [0, 0.05) is 18.0 Å². The number of nitrogens with zero attached hydrogens (tertiary/aromatic N) is 1. The minimum atomic E-state index is -0.675. The number of hydrogen-bond donors (Lipinski definition) is 2.